The number of sulfonamides is 1. The molecule has 1 N–H and O–H groups in total. The fourth-order valence-electron chi connectivity index (χ4n) is 3.19. The fourth-order valence-corrected chi connectivity index (χ4v) is 4.67. The molecule has 0 unspecified atom stereocenters. The van der Waals surface area contributed by atoms with E-state index in [0.717, 1.165) is 21.0 Å². The highest BCUT2D eigenvalue weighted by atomic mass is 32.2. The zero-order chi connectivity index (χ0) is 24.0. The number of anilines is 1. The van der Waals surface area contributed by atoms with E-state index in [-0.39, 0.29) is 4.90 Å². The zero-order valence-electron chi connectivity index (χ0n) is 19.1. The lowest BCUT2D eigenvalue weighted by Crippen LogP contribution is -2.40. The first-order valence-electron chi connectivity index (χ1n) is 10.3. The number of benzene rings is 3. The molecule has 0 saturated heterocycles. The zero-order valence-corrected chi connectivity index (χ0v) is 19.9. The van der Waals surface area contributed by atoms with E-state index < -0.39 is 22.5 Å². The van der Waals surface area contributed by atoms with Crippen LogP contribution in [0.5, 0.6) is 5.75 Å². The van der Waals surface area contributed by atoms with Crippen LogP contribution in [0.2, 0.25) is 0 Å². The van der Waals surface area contributed by atoms with Crippen molar-refractivity contribution < 1.29 is 17.9 Å². The Morgan fingerprint density at radius 2 is 1.61 bits per heavy atom. The number of rotatable bonds is 8. The Morgan fingerprint density at radius 3 is 2.21 bits per heavy atom. The second-order valence-electron chi connectivity index (χ2n) is 7.57. The maximum Gasteiger partial charge on any atom is 0.264 e. The molecular weight excluding hydrogens is 438 g/mol. The number of hydrazone groups is 1. The molecule has 0 aliphatic carbocycles. The van der Waals surface area contributed by atoms with E-state index in [4.69, 9.17) is 4.74 Å². The Labute approximate surface area is 194 Å². The van der Waals surface area contributed by atoms with Crippen molar-refractivity contribution in [3.8, 4) is 5.75 Å². The molecule has 0 heterocycles. The van der Waals surface area contributed by atoms with Crippen LogP contribution >= 0.6 is 0 Å². The lowest BCUT2D eigenvalue weighted by molar-refractivity contribution is -0.119. The molecule has 0 fully saturated rings. The van der Waals surface area contributed by atoms with Gasteiger partial charge in [0, 0.05) is 0 Å². The molecule has 0 aromatic heterocycles. The molecule has 0 saturated carbocycles. The number of nitrogens with zero attached hydrogens (tertiary/aromatic N) is 2. The molecule has 0 radical (unpaired) electrons. The first-order valence-corrected chi connectivity index (χ1v) is 11.8. The maximum atomic E-state index is 13.5. The monoisotopic (exact) mass is 465 g/mol. The third-order valence-corrected chi connectivity index (χ3v) is 6.91. The van der Waals surface area contributed by atoms with Crippen LogP contribution in [-0.2, 0) is 14.8 Å². The van der Waals surface area contributed by atoms with Crippen LogP contribution in [0, 0.1) is 13.8 Å². The van der Waals surface area contributed by atoms with Gasteiger partial charge in [-0.15, -0.1) is 0 Å². The van der Waals surface area contributed by atoms with Gasteiger partial charge in [-0.25, -0.2) is 13.8 Å². The van der Waals surface area contributed by atoms with Gasteiger partial charge >= 0.3 is 0 Å². The quantitative estimate of drug-likeness (QED) is 0.402. The maximum absolute atomic E-state index is 13.5. The molecule has 7 nitrogen and oxygen atoms in total. The number of nitrogens with one attached hydrogen (secondary N) is 1. The van der Waals surface area contributed by atoms with Gasteiger partial charge in [-0.1, -0.05) is 35.9 Å². The number of aryl methyl sites for hydroxylation is 2. The van der Waals surface area contributed by atoms with Crippen molar-refractivity contribution in [1.82, 2.24) is 5.43 Å². The van der Waals surface area contributed by atoms with Gasteiger partial charge < -0.3 is 4.74 Å². The number of hydrogen-bond acceptors (Lipinski definition) is 5. The molecule has 0 bridgehead atoms. The number of carbonyl (C=O) groups excluding carboxylic acids is 1. The van der Waals surface area contributed by atoms with Crippen molar-refractivity contribution in [2.24, 2.45) is 5.10 Å². The molecule has 0 aliphatic heterocycles. The summed E-state index contributed by atoms with van der Waals surface area (Å²) >= 11 is 0. The summed E-state index contributed by atoms with van der Waals surface area (Å²) in [4.78, 5) is 12.9. The summed E-state index contributed by atoms with van der Waals surface area (Å²) in [6.07, 6.45) is 0. The van der Waals surface area contributed by atoms with Crippen LogP contribution in [0.1, 0.15) is 23.6 Å². The van der Waals surface area contributed by atoms with E-state index in [0.29, 0.717) is 17.1 Å². The van der Waals surface area contributed by atoms with Gasteiger partial charge in [-0.05, 0) is 74.4 Å². The lowest BCUT2D eigenvalue weighted by Gasteiger charge is -2.25. The summed E-state index contributed by atoms with van der Waals surface area (Å²) in [5.41, 5.74) is 5.97. The molecule has 8 heteroatoms. The standard InChI is InChI=1S/C25H27N3O4S/c1-18-9-15-23(16-10-18)33(30,31)28(24-8-6-5-7-19(24)2)17-25(29)27-26-20(3)21-11-13-22(32-4)14-12-21/h5-16H,17H2,1-4H3,(H,27,29)/b26-20+. The fraction of sp³-hybridized carbons (Fsp3) is 0.200. The molecule has 1 amide bonds. The van der Waals surface area contributed by atoms with Gasteiger partial charge in [0.05, 0.1) is 23.4 Å². The topological polar surface area (TPSA) is 88.1 Å². The van der Waals surface area contributed by atoms with Crippen molar-refractivity contribution in [2.45, 2.75) is 25.7 Å². The van der Waals surface area contributed by atoms with E-state index in [1.54, 1.807) is 75.6 Å². The summed E-state index contributed by atoms with van der Waals surface area (Å²) in [5, 5.41) is 4.14. The minimum Gasteiger partial charge on any atom is -0.497 e. The van der Waals surface area contributed by atoms with Crippen molar-refractivity contribution >= 4 is 27.3 Å². The number of carbonyl (C=O) groups is 1. The molecule has 0 aliphatic rings. The van der Waals surface area contributed by atoms with Crippen LogP contribution in [0.4, 0.5) is 5.69 Å². The van der Waals surface area contributed by atoms with Gasteiger partial charge in [0.2, 0.25) is 0 Å². The molecule has 3 aromatic carbocycles. The summed E-state index contributed by atoms with van der Waals surface area (Å²) < 4.78 is 33.2. The summed E-state index contributed by atoms with van der Waals surface area (Å²) in [5.74, 6) is 0.160. The highest BCUT2D eigenvalue weighted by molar-refractivity contribution is 7.92. The Morgan fingerprint density at radius 1 is 0.970 bits per heavy atom. The van der Waals surface area contributed by atoms with Gasteiger partial charge in [-0.2, -0.15) is 5.10 Å². The van der Waals surface area contributed by atoms with Gasteiger partial charge in [0.15, 0.2) is 0 Å². The van der Waals surface area contributed by atoms with Crippen LogP contribution < -0.4 is 14.5 Å². The minimum atomic E-state index is -3.98. The predicted molar refractivity (Wildman–Crippen MR) is 130 cm³/mol. The van der Waals surface area contributed by atoms with Gasteiger partial charge in [-0.3, -0.25) is 9.10 Å². The molecule has 0 spiro atoms. The molecule has 0 atom stereocenters. The van der Waals surface area contributed by atoms with E-state index >= 15 is 0 Å². The lowest BCUT2D eigenvalue weighted by atomic mass is 10.1. The highest BCUT2D eigenvalue weighted by Crippen LogP contribution is 2.26. The van der Waals surface area contributed by atoms with E-state index in [1.165, 1.54) is 0 Å². The van der Waals surface area contributed by atoms with Crippen LogP contribution in [0.25, 0.3) is 0 Å². The highest BCUT2D eigenvalue weighted by Gasteiger charge is 2.28. The van der Waals surface area contributed by atoms with E-state index in [1.807, 2.05) is 25.1 Å². The van der Waals surface area contributed by atoms with E-state index in [9.17, 15) is 13.2 Å². The molecule has 3 rings (SSSR count). The molecular formula is C25H27N3O4S. The second-order valence-corrected chi connectivity index (χ2v) is 9.43. The average molecular weight is 466 g/mol. The number of amides is 1. The number of hydrogen-bond donors (Lipinski definition) is 1. The normalized spacial score (nSPS) is 11.7. The average Bonchev–Trinajstić information content (AvgIpc) is 2.82. The number of ether oxygens (including phenoxy) is 1. The summed E-state index contributed by atoms with van der Waals surface area (Å²) in [6, 6.07) is 20.8. The summed E-state index contributed by atoms with van der Waals surface area (Å²) in [6.45, 7) is 5.02. The SMILES string of the molecule is COc1ccc(/C(C)=N/NC(=O)CN(c2ccccc2C)S(=O)(=O)c2ccc(C)cc2)cc1. The molecule has 172 valence electrons. The second kappa shape index (κ2) is 10.3. The molecule has 3 aromatic rings. The van der Waals surface area contributed by atoms with Crippen molar-refractivity contribution in [2.75, 3.05) is 18.0 Å². The summed E-state index contributed by atoms with van der Waals surface area (Å²) in [7, 11) is -2.39. The third kappa shape index (κ3) is 5.78. The minimum absolute atomic E-state index is 0.113. The van der Waals surface area contributed by atoms with Crippen molar-refractivity contribution in [3.63, 3.8) is 0 Å². The van der Waals surface area contributed by atoms with Gasteiger partial charge in [0.25, 0.3) is 15.9 Å². The Balaban J connectivity index is 1.86. The van der Waals surface area contributed by atoms with Crippen LogP contribution in [-0.4, -0.2) is 33.7 Å². The van der Waals surface area contributed by atoms with Crippen LogP contribution in [0.3, 0.4) is 0 Å². The van der Waals surface area contributed by atoms with Crippen molar-refractivity contribution in [3.05, 3.63) is 89.5 Å². The first kappa shape index (κ1) is 24.0. The van der Waals surface area contributed by atoms with Crippen molar-refractivity contribution in [1.29, 1.82) is 0 Å². The third-order valence-electron chi connectivity index (χ3n) is 5.14. The van der Waals surface area contributed by atoms with E-state index in [2.05, 4.69) is 10.5 Å². The molecule has 33 heavy (non-hydrogen) atoms. The van der Waals surface area contributed by atoms with Gasteiger partial charge in [0.1, 0.15) is 12.3 Å². The number of methoxy groups -OCH3 is 1. The predicted octanol–water partition coefficient (Wildman–Crippen LogP) is 4.05. The first-order chi connectivity index (χ1) is 15.7. The van der Waals surface area contributed by atoms with Crippen LogP contribution in [0.15, 0.2) is 82.8 Å². The largest absolute Gasteiger partial charge is 0.497 e. The number of para-hydroxylation sites is 1. The Bertz CT molecular complexity index is 1250. The Hall–Kier alpha value is -3.65. The Kier molecular flexibility index (Phi) is 7.50. The smallest absolute Gasteiger partial charge is 0.264 e.